The van der Waals surface area contributed by atoms with Crippen molar-refractivity contribution in [1.29, 1.82) is 0 Å². The van der Waals surface area contributed by atoms with Crippen LogP contribution in [0.1, 0.15) is 48.9 Å². The molecule has 2 aromatic rings. The lowest BCUT2D eigenvalue weighted by atomic mass is 9.86. The Morgan fingerprint density at radius 2 is 1.93 bits per heavy atom. The summed E-state index contributed by atoms with van der Waals surface area (Å²) in [6, 6.07) is 6.15. The molecule has 0 saturated carbocycles. The van der Waals surface area contributed by atoms with Crippen LogP contribution < -0.4 is 0 Å². The minimum absolute atomic E-state index is 0.00557. The molecule has 2 aliphatic rings. The zero-order chi connectivity index (χ0) is 19.0. The second kappa shape index (κ2) is 7.62. The van der Waals surface area contributed by atoms with Gasteiger partial charge < -0.3 is 10.2 Å². The average Bonchev–Trinajstić information content (AvgIpc) is 3.05. The maximum Gasteiger partial charge on any atom is 0.174 e. The third kappa shape index (κ3) is 3.49. The van der Waals surface area contributed by atoms with E-state index in [2.05, 4.69) is 0 Å². The number of hydrogen-bond acceptors (Lipinski definition) is 6. The van der Waals surface area contributed by atoms with E-state index >= 15 is 0 Å². The number of phenols is 1. The molecular weight excluding hydrogens is 380 g/mol. The van der Waals surface area contributed by atoms with Crippen molar-refractivity contribution in [3.8, 4) is 5.75 Å². The van der Waals surface area contributed by atoms with E-state index in [1.165, 1.54) is 34.3 Å². The molecule has 0 bridgehead atoms. The molecule has 140 valence electrons. The number of aliphatic hydroxyl groups is 1. The van der Waals surface area contributed by atoms with Gasteiger partial charge in [0, 0.05) is 20.9 Å². The third-order valence-electron chi connectivity index (χ3n) is 5.12. The number of fused-ring (bicyclic) bond motifs is 3. The molecule has 1 unspecified atom stereocenters. The van der Waals surface area contributed by atoms with E-state index in [4.69, 9.17) is 0 Å². The van der Waals surface area contributed by atoms with E-state index in [0.29, 0.717) is 5.56 Å². The summed E-state index contributed by atoms with van der Waals surface area (Å²) in [4.78, 5) is 28.5. The molecule has 1 atom stereocenters. The number of hydrogen-bond donors (Lipinski definition) is 2. The van der Waals surface area contributed by atoms with E-state index in [-0.39, 0.29) is 29.7 Å². The number of thioether (sulfide) groups is 1. The van der Waals surface area contributed by atoms with Crippen LogP contribution in [0.5, 0.6) is 5.75 Å². The number of aryl methyl sites for hydroxylation is 1. The van der Waals surface area contributed by atoms with E-state index in [1.807, 2.05) is 6.08 Å². The number of aliphatic hydroxyl groups excluding tert-OH is 1. The summed E-state index contributed by atoms with van der Waals surface area (Å²) in [5.41, 5.74) is 2.52. The lowest BCUT2D eigenvalue weighted by molar-refractivity contribution is 0.0894. The summed E-state index contributed by atoms with van der Waals surface area (Å²) in [6.45, 7) is -0.241. The topological polar surface area (TPSA) is 74.6 Å². The first kappa shape index (κ1) is 18.5. The summed E-state index contributed by atoms with van der Waals surface area (Å²) < 4.78 is 0. The maximum absolute atomic E-state index is 13.0. The van der Waals surface area contributed by atoms with Crippen LogP contribution in [0.4, 0.5) is 0 Å². The Bertz CT molecular complexity index is 924. The molecule has 0 spiro atoms. The molecule has 4 nitrogen and oxygen atoms in total. The molecule has 1 heterocycles. The predicted octanol–water partition coefficient (Wildman–Crippen LogP) is 4.09. The number of thiophene rings is 1. The molecule has 2 N–H and O–H groups in total. The molecule has 27 heavy (non-hydrogen) atoms. The lowest BCUT2D eigenvalue weighted by Crippen LogP contribution is -2.25. The van der Waals surface area contributed by atoms with Crippen molar-refractivity contribution < 1.29 is 19.8 Å². The van der Waals surface area contributed by atoms with Crippen molar-refractivity contribution in [2.45, 2.75) is 25.7 Å². The Morgan fingerprint density at radius 3 is 2.67 bits per heavy atom. The number of rotatable bonds is 5. The summed E-state index contributed by atoms with van der Waals surface area (Å²) in [6.07, 6.45) is 6.24. The molecule has 0 amide bonds. The SMILES string of the molecule is O=C(CSC1=Cc2sc3c(c2C(=O)C1CO)CCCC3)c1ccc(O)cc1. The second-order valence-corrected chi connectivity index (χ2v) is 9.04. The Labute approximate surface area is 165 Å². The molecule has 0 radical (unpaired) electrons. The molecule has 0 aliphatic heterocycles. The normalized spacial score (nSPS) is 18.6. The molecule has 1 aromatic carbocycles. The van der Waals surface area contributed by atoms with Gasteiger partial charge in [-0.25, -0.2) is 0 Å². The Morgan fingerprint density at radius 1 is 1.19 bits per heavy atom. The number of benzene rings is 1. The van der Waals surface area contributed by atoms with Gasteiger partial charge in [-0.05, 0) is 66.5 Å². The third-order valence-corrected chi connectivity index (χ3v) is 7.50. The fourth-order valence-corrected chi connectivity index (χ4v) is 6.16. The molecule has 4 rings (SSSR count). The zero-order valence-corrected chi connectivity index (χ0v) is 16.4. The molecule has 6 heteroatoms. The number of ketones is 2. The largest absolute Gasteiger partial charge is 0.508 e. The monoisotopic (exact) mass is 400 g/mol. The van der Waals surface area contributed by atoms with Gasteiger partial charge in [-0.2, -0.15) is 0 Å². The van der Waals surface area contributed by atoms with Gasteiger partial charge in [0.2, 0.25) is 0 Å². The standard InChI is InChI=1S/C21H20O4S2/c22-10-15-18(26-11-16(24)12-5-7-13(23)8-6-12)9-19-20(21(15)25)14-3-1-2-4-17(14)27-19/h5-9,15,22-23H,1-4,10-11H2. The van der Waals surface area contributed by atoms with Gasteiger partial charge in [-0.3, -0.25) is 9.59 Å². The minimum Gasteiger partial charge on any atom is -0.508 e. The zero-order valence-electron chi connectivity index (χ0n) is 14.7. The highest BCUT2D eigenvalue weighted by Gasteiger charge is 2.35. The minimum atomic E-state index is -0.573. The Balaban J connectivity index is 1.58. The van der Waals surface area contributed by atoms with E-state index in [9.17, 15) is 19.8 Å². The van der Waals surface area contributed by atoms with Crippen LogP contribution >= 0.6 is 23.1 Å². The van der Waals surface area contributed by atoms with Crippen molar-refractivity contribution in [3.63, 3.8) is 0 Å². The number of Topliss-reactive ketones (excluding diaryl/α,β-unsaturated/α-hetero) is 2. The molecule has 0 fully saturated rings. The number of aromatic hydroxyl groups is 1. The fourth-order valence-electron chi connectivity index (χ4n) is 3.69. The van der Waals surface area contributed by atoms with Crippen molar-refractivity contribution in [1.82, 2.24) is 0 Å². The predicted molar refractivity (Wildman–Crippen MR) is 109 cm³/mol. The molecule has 2 aliphatic carbocycles. The second-order valence-electron chi connectivity index (χ2n) is 6.85. The summed E-state index contributed by atoms with van der Waals surface area (Å²) in [5, 5.41) is 19.2. The highest BCUT2D eigenvalue weighted by molar-refractivity contribution is 8.03. The summed E-state index contributed by atoms with van der Waals surface area (Å²) in [5.74, 6) is -0.332. The van der Waals surface area contributed by atoms with Gasteiger partial charge in [0.05, 0.1) is 18.3 Å². The summed E-state index contributed by atoms with van der Waals surface area (Å²) >= 11 is 3.01. The van der Waals surface area contributed by atoms with E-state index < -0.39 is 5.92 Å². The fraction of sp³-hybridized carbons (Fsp3) is 0.333. The Hall–Kier alpha value is -1.89. The van der Waals surface area contributed by atoms with Crippen molar-refractivity contribution in [2.75, 3.05) is 12.4 Å². The first-order valence-corrected chi connectivity index (χ1v) is 10.8. The van der Waals surface area contributed by atoms with Crippen LogP contribution in [0, 0.1) is 5.92 Å². The number of carbonyl (C=O) groups is 2. The summed E-state index contributed by atoms with van der Waals surface area (Å²) in [7, 11) is 0. The number of carbonyl (C=O) groups excluding carboxylic acids is 2. The maximum atomic E-state index is 13.0. The van der Waals surface area contributed by atoms with E-state index in [0.717, 1.165) is 41.0 Å². The highest BCUT2D eigenvalue weighted by Crippen LogP contribution is 2.43. The van der Waals surface area contributed by atoms with Crippen LogP contribution in [0.2, 0.25) is 0 Å². The smallest absolute Gasteiger partial charge is 0.174 e. The highest BCUT2D eigenvalue weighted by atomic mass is 32.2. The van der Waals surface area contributed by atoms with Crippen LogP contribution in [-0.4, -0.2) is 34.1 Å². The van der Waals surface area contributed by atoms with Crippen LogP contribution in [0.15, 0.2) is 29.2 Å². The van der Waals surface area contributed by atoms with Gasteiger partial charge in [-0.15, -0.1) is 23.1 Å². The van der Waals surface area contributed by atoms with Gasteiger partial charge in [-0.1, -0.05) is 0 Å². The van der Waals surface area contributed by atoms with Crippen LogP contribution in [0.25, 0.3) is 6.08 Å². The van der Waals surface area contributed by atoms with E-state index in [1.54, 1.807) is 23.5 Å². The van der Waals surface area contributed by atoms with Gasteiger partial charge >= 0.3 is 0 Å². The van der Waals surface area contributed by atoms with Gasteiger partial charge in [0.15, 0.2) is 11.6 Å². The van der Waals surface area contributed by atoms with Gasteiger partial charge in [0.25, 0.3) is 0 Å². The van der Waals surface area contributed by atoms with Crippen molar-refractivity contribution in [2.24, 2.45) is 5.92 Å². The number of phenolic OH excluding ortho intramolecular Hbond substituents is 1. The molecule has 0 saturated heterocycles. The van der Waals surface area contributed by atoms with Crippen molar-refractivity contribution >= 4 is 40.7 Å². The van der Waals surface area contributed by atoms with Crippen molar-refractivity contribution in [3.05, 3.63) is 55.6 Å². The molecular formula is C21H20O4S2. The first-order valence-electron chi connectivity index (χ1n) is 9.04. The first-order chi connectivity index (χ1) is 13.1. The quantitative estimate of drug-likeness (QED) is 0.740. The average molecular weight is 401 g/mol. The van der Waals surface area contributed by atoms with Crippen LogP contribution in [-0.2, 0) is 12.8 Å². The van der Waals surface area contributed by atoms with Crippen LogP contribution in [0.3, 0.4) is 0 Å². The molecule has 1 aromatic heterocycles. The lowest BCUT2D eigenvalue weighted by Gasteiger charge is -2.22. The Kier molecular flexibility index (Phi) is 5.21. The van der Waals surface area contributed by atoms with Gasteiger partial charge in [0.1, 0.15) is 5.75 Å².